The second-order valence-electron chi connectivity index (χ2n) is 13.2. The van der Waals surface area contributed by atoms with Crippen LogP contribution in [0.3, 0.4) is 0 Å². The maximum Gasteiger partial charge on any atom is 0.306 e. The van der Waals surface area contributed by atoms with Gasteiger partial charge in [-0.3, -0.25) is 4.79 Å². The highest BCUT2D eigenvalue weighted by molar-refractivity contribution is 7.90. The number of aliphatic carboxylic acids is 1. The maximum atomic E-state index is 12.6. The summed E-state index contributed by atoms with van der Waals surface area (Å²) in [6.45, 7) is 4.48. The molecule has 8 nitrogen and oxygen atoms in total. The number of hydrogen-bond acceptors (Lipinski definition) is 5. The van der Waals surface area contributed by atoms with Crippen molar-refractivity contribution in [2.24, 2.45) is 0 Å². The molecule has 45 heavy (non-hydrogen) atoms. The number of rotatable bonds is 36. The summed E-state index contributed by atoms with van der Waals surface area (Å²) in [5, 5.41) is 9.22. The van der Waals surface area contributed by atoms with Crippen molar-refractivity contribution < 1.29 is 26.7 Å². The van der Waals surface area contributed by atoms with Crippen molar-refractivity contribution in [2.75, 3.05) is 11.5 Å². The molecule has 0 saturated carbocycles. The normalized spacial score (nSPS) is 12.3. The summed E-state index contributed by atoms with van der Waals surface area (Å²) in [7, 11) is -7.61. The number of sulfonamides is 2. The Kier molecular flexibility index (Phi) is 30.1. The zero-order chi connectivity index (χ0) is 33.5. The van der Waals surface area contributed by atoms with Crippen LogP contribution in [-0.4, -0.2) is 45.6 Å². The van der Waals surface area contributed by atoms with Crippen LogP contribution >= 0.6 is 0 Å². The van der Waals surface area contributed by atoms with Gasteiger partial charge in [-0.25, -0.2) is 16.8 Å². The monoisotopic (exact) mass is 680 g/mol. The Morgan fingerprint density at radius 3 is 0.889 bits per heavy atom. The fraction of sp³-hybridized carbons (Fsp3) is 0.971. The Bertz CT molecular complexity index is 817. The van der Waals surface area contributed by atoms with E-state index in [0.717, 1.165) is 38.5 Å². The highest BCUT2D eigenvalue weighted by Crippen LogP contribution is 2.15. The van der Waals surface area contributed by atoms with Crippen molar-refractivity contribution in [3.63, 3.8) is 0 Å². The van der Waals surface area contributed by atoms with Crippen molar-refractivity contribution in [2.45, 2.75) is 206 Å². The van der Waals surface area contributed by atoms with Crippen LogP contribution in [0.25, 0.3) is 0 Å². The third-order valence-electron chi connectivity index (χ3n) is 8.56. The lowest BCUT2D eigenvalue weighted by Crippen LogP contribution is -2.50. The van der Waals surface area contributed by atoms with Crippen molar-refractivity contribution in [3.05, 3.63) is 0 Å². The van der Waals surface area contributed by atoms with E-state index in [-0.39, 0.29) is 11.5 Å². The van der Waals surface area contributed by atoms with E-state index in [0.29, 0.717) is 12.8 Å². The Morgan fingerprint density at radius 1 is 0.444 bits per heavy atom. The Morgan fingerprint density at radius 2 is 0.667 bits per heavy atom. The van der Waals surface area contributed by atoms with Crippen LogP contribution < -0.4 is 9.44 Å². The molecule has 0 radical (unpaired) electrons. The average Bonchev–Trinajstić information content (AvgIpc) is 2.96. The summed E-state index contributed by atoms with van der Waals surface area (Å²) in [5.41, 5.74) is 0. The van der Waals surface area contributed by atoms with Crippen LogP contribution in [-0.2, 0) is 24.8 Å². The van der Waals surface area contributed by atoms with E-state index >= 15 is 0 Å². The Hall–Kier alpha value is -0.710. The fourth-order valence-electron chi connectivity index (χ4n) is 5.81. The SMILES string of the molecule is CCCCCCCCCCCCCCCCS(=O)(=O)NC(CC(=O)O)NS(=O)(=O)CCCCCCCCCCCCCCCC. The van der Waals surface area contributed by atoms with E-state index in [1.807, 2.05) is 0 Å². The molecule has 0 spiro atoms. The molecule has 0 aromatic heterocycles. The first-order valence-corrected chi connectivity index (χ1v) is 22.1. The molecule has 0 unspecified atom stereocenters. The van der Waals surface area contributed by atoms with Gasteiger partial charge in [-0.2, -0.15) is 9.44 Å². The third kappa shape index (κ3) is 33.0. The lowest BCUT2D eigenvalue weighted by atomic mass is 10.0. The second-order valence-corrected chi connectivity index (χ2v) is 17.0. The summed E-state index contributed by atoms with van der Waals surface area (Å²) in [6, 6.07) is 0. The van der Waals surface area contributed by atoms with Gasteiger partial charge >= 0.3 is 5.97 Å². The number of nitrogens with one attached hydrogen (secondary N) is 2. The van der Waals surface area contributed by atoms with Crippen LogP contribution in [0.1, 0.15) is 200 Å². The molecular formula is C35H72N2O6S2. The molecule has 0 bridgehead atoms. The van der Waals surface area contributed by atoms with Crippen molar-refractivity contribution >= 4 is 26.0 Å². The molecule has 0 heterocycles. The van der Waals surface area contributed by atoms with E-state index in [4.69, 9.17) is 0 Å². The molecule has 0 saturated heterocycles. The first-order valence-electron chi connectivity index (χ1n) is 18.8. The summed E-state index contributed by atoms with van der Waals surface area (Å²) in [5.74, 6) is -1.54. The van der Waals surface area contributed by atoms with Gasteiger partial charge in [0.15, 0.2) is 0 Å². The summed E-state index contributed by atoms with van der Waals surface area (Å²) in [6.07, 6.45) is 30.6. The molecule has 0 atom stereocenters. The van der Waals surface area contributed by atoms with Gasteiger partial charge in [-0.15, -0.1) is 0 Å². The highest BCUT2D eigenvalue weighted by atomic mass is 32.2. The van der Waals surface area contributed by atoms with Gasteiger partial charge in [-0.05, 0) is 12.8 Å². The van der Waals surface area contributed by atoms with Gasteiger partial charge in [0.25, 0.3) is 0 Å². The first kappa shape index (κ1) is 44.3. The molecule has 0 fully saturated rings. The molecule has 0 aliphatic heterocycles. The number of carboxylic acid groups (broad SMARTS) is 1. The summed E-state index contributed by atoms with van der Waals surface area (Å²) >= 11 is 0. The molecule has 10 heteroatoms. The molecule has 0 aromatic rings. The summed E-state index contributed by atoms with van der Waals surface area (Å²) in [4.78, 5) is 11.3. The molecule has 0 rings (SSSR count). The van der Waals surface area contributed by atoms with E-state index in [1.54, 1.807) is 0 Å². The number of carboxylic acids is 1. The lowest BCUT2D eigenvalue weighted by molar-refractivity contribution is -0.137. The average molecular weight is 681 g/mol. The zero-order valence-electron chi connectivity index (χ0n) is 29.3. The van der Waals surface area contributed by atoms with Gasteiger partial charge in [-0.1, -0.05) is 181 Å². The van der Waals surface area contributed by atoms with Crippen LogP contribution in [0.2, 0.25) is 0 Å². The standard InChI is InChI=1S/C35H72N2O6S2/c1-3-5-7-9-11-13-15-17-19-21-23-25-27-29-31-44(40,41)36-34(33-35(38)39)37-45(42,43)32-30-28-26-24-22-20-18-16-14-12-10-8-6-4-2/h34,36-37H,3-33H2,1-2H3,(H,38,39). The fourth-order valence-corrected chi connectivity index (χ4v) is 8.44. The van der Waals surface area contributed by atoms with Gasteiger partial charge < -0.3 is 5.11 Å². The first-order chi connectivity index (χ1) is 21.6. The predicted molar refractivity (Wildman–Crippen MR) is 191 cm³/mol. The molecule has 270 valence electrons. The van der Waals surface area contributed by atoms with E-state index in [1.165, 1.54) is 128 Å². The molecular weight excluding hydrogens is 609 g/mol. The number of hydrogen-bond donors (Lipinski definition) is 3. The zero-order valence-corrected chi connectivity index (χ0v) is 30.9. The molecule has 0 aromatic carbocycles. The molecule has 3 N–H and O–H groups in total. The second kappa shape index (κ2) is 30.6. The van der Waals surface area contributed by atoms with Crippen LogP contribution in [0.4, 0.5) is 0 Å². The Labute approximate surface area is 279 Å². The minimum atomic E-state index is -3.81. The van der Waals surface area contributed by atoms with Crippen LogP contribution in [0.15, 0.2) is 0 Å². The summed E-state index contributed by atoms with van der Waals surface area (Å²) < 4.78 is 54.9. The van der Waals surface area contributed by atoms with Crippen molar-refractivity contribution in [1.82, 2.24) is 9.44 Å². The van der Waals surface area contributed by atoms with Crippen LogP contribution in [0.5, 0.6) is 0 Å². The molecule has 0 aliphatic rings. The van der Waals surface area contributed by atoms with E-state index < -0.39 is 38.6 Å². The minimum Gasteiger partial charge on any atom is -0.481 e. The van der Waals surface area contributed by atoms with Crippen molar-refractivity contribution in [3.8, 4) is 0 Å². The van der Waals surface area contributed by atoms with Gasteiger partial charge in [0.2, 0.25) is 20.0 Å². The third-order valence-corrected chi connectivity index (χ3v) is 11.5. The Balaban J connectivity index is 4.04. The number of carbonyl (C=O) groups is 1. The molecule has 0 amide bonds. The minimum absolute atomic E-state index is 0.137. The molecule has 0 aliphatic carbocycles. The van der Waals surface area contributed by atoms with Gasteiger partial charge in [0.05, 0.1) is 24.1 Å². The van der Waals surface area contributed by atoms with Crippen LogP contribution in [0, 0.1) is 0 Å². The highest BCUT2D eigenvalue weighted by Gasteiger charge is 2.24. The maximum absolute atomic E-state index is 12.6. The quantitative estimate of drug-likeness (QED) is 0.0446. The lowest BCUT2D eigenvalue weighted by Gasteiger charge is -2.19. The largest absolute Gasteiger partial charge is 0.481 e. The predicted octanol–water partition coefficient (Wildman–Crippen LogP) is 9.59. The van der Waals surface area contributed by atoms with E-state index in [9.17, 15) is 26.7 Å². The van der Waals surface area contributed by atoms with Crippen molar-refractivity contribution in [1.29, 1.82) is 0 Å². The van der Waals surface area contributed by atoms with E-state index in [2.05, 4.69) is 23.3 Å². The van der Waals surface area contributed by atoms with Gasteiger partial charge in [0.1, 0.15) is 0 Å². The van der Waals surface area contributed by atoms with Gasteiger partial charge in [0, 0.05) is 0 Å². The smallest absolute Gasteiger partial charge is 0.306 e. The number of unbranched alkanes of at least 4 members (excludes halogenated alkanes) is 26. The topological polar surface area (TPSA) is 130 Å².